The molecule has 0 radical (unpaired) electrons. The fourth-order valence-electron chi connectivity index (χ4n) is 3.69. The van der Waals surface area contributed by atoms with Crippen molar-refractivity contribution in [3.8, 4) is 11.5 Å². The van der Waals surface area contributed by atoms with Crippen LogP contribution in [0.15, 0.2) is 60.8 Å². The minimum absolute atomic E-state index is 0.0672. The number of hydrogen-bond donors (Lipinski definition) is 2. The molecular weight excluding hydrogens is 394 g/mol. The summed E-state index contributed by atoms with van der Waals surface area (Å²) in [7, 11) is 1.67. The van der Waals surface area contributed by atoms with Gasteiger partial charge in [-0.1, -0.05) is 24.3 Å². The number of methoxy groups -OCH3 is 1. The Balaban J connectivity index is 1.59. The van der Waals surface area contributed by atoms with Crippen molar-refractivity contribution in [2.75, 3.05) is 30.5 Å². The monoisotopic (exact) mass is 419 g/mol. The maximum atomic E-state index is 11.1. The molecule has 1 atom stereocenters. The summed E-state index contributed by atoms with van der Waals surface area (Å²) in [6.07, 6.45) is 1.73. The van der Waals surface area contributed by atoms with Crippen LogP contribution in [0.5, 0.6) is 11.5 Å². The zero-order valence-electron chi connectivity index (χ0n) is 17.5. The molecule has 0 aliphatic carbocycles. The average Bonchev–Trinajstić information content (AvgIpc) is 2.79. The SMILES string of the molecule is COc1cccc(CN2CCOc3ccnc(N[C@@H](C)c4ccc(C(=O)O)cc4)c32)c1. The molecule has 2 heterocycles. The van der Waals surface area contributed by atoms with E-state index < -0.39 is 5.97 Å². The number of pyridine rings is 1. The first kappa shape index (κ1) is 20.5. The van der Waals surface area contributed by atoms with Gasteiger partial charge in [-0.2, -0.15) is 0 Å². The molecule has 0 amide bonds. The molecule has 31 heavy (non-hydrogen) atoms. The number of benzene rings is 2. The normalized spacial score (nSPS) is 13.7. The first-order valence-corrected chi connectivity index (χ1v) is 10.1. The summed E-state index contributed by atoms with van der Waals surface area (Å²) in [6, 6.07) is 16.7. The summed E-state index contributed by atoms with van der Waals surface area (Å²) in [5.74, 6) is 1.42. The third-order valence-corrected chi connectivity index (χ3v) is 5.34. The maximum Gasteiger partial charge on any atom is 0.335 e. The number of carboxylic acids is 1. The van der Waals surface area contributed by atoms with E-state index in [4.69, 9.17) is 14.6 Å². The first-order valence-electron chi connectivity index (χ1n) is 10.1. The fourth-order valence-corrected chi connectivity index (χ4v) is 3.69. The number of nitrogens with zero attached hydrogens (tertiary/aromatic N) is 2. The lowest BCUT2D eigenvalue weighted by molar-refractivity contribution is 0.0697. The van der Waals surface area contributed by atoms with Gasteiger partial charge in [0.15, 0.2) is 5.82 Å². The molecule has 1 aliphatic heterocycles. The lowest BCUT2D eigenvalue weighted by atomic mass is 10.1. The van der Waals surface area contributed by atoms with Crippen molar-refractivity contribution in [2.45, 2.75) is 19.5 Å². The van der Waals surface area contributed by atoms with Crippen LogP contribution in [0.25, 0.3) is 0 Å². The van der Waals surface area contributed by atoms with Gasteiger partial charge >= 0.3 is 5.97 Å². The highest BCUT2D eigenvalue weighted by Gasteiger charge is 2.24. The van der Waals surface area contributed by atoms with Crippen LogP contribution in [0.2, 0.25) is 0 Å². The van der Waals surface area contributed by atoms with Gasteiger partial charge in [0.25, 0.3) is 0 Å². The predicted molar refractivity (Wildman–Crippen MR) is 119 cm³/mol. The molecule has 0 saturated heterocycles. The lowest BCUT2D eigenvalue weighted by Gasteiger charge is -2.33. The molecule has 7 nitrogen and oxygen atoms in total. The number of fused-ring (bicyclic) bond motifs is 1. The molecule has 3 aromatic rings. The molecule has 0 unspecified atom stereocenters. The van der Waals surface area contributed by atoms with Gasteiger partial charge in [-0.25, -0.2) is 9.78 Å². The molecule has 0 bridgehead atoms. The van der Waals surface area contributed by atoms with Crippen LogP contribution >= 0.6 is 0 Å². The number of anilines is 2. The predicted octanol–water partition coefficient (Wildman–Crippen LogP) is 4.36. The second-order valence-corrected chi connectivity index (χ2v) is 7.42. The van der Waals surface area contributed by atoms with Crippen LogP contribution in [0.1, 0.15) is 34.5 Å². The average molecular weight is 419 g/mol. The van der Waals surface area contributed by atoms with E-state index in [9.17, 15) is 4.79 Å². The highest BCUT2D eigenvalue weighted by atomic mass is 16.5. The molecule has 0 saturated carbocycles. The largest absolute Gasteiger partial charge is 0.497 e. The van der Waals surface area contributed by atoms with Gasteiger partial charge in [0.2, 0.25) is 0 Å². The van der Waals surface area contributed by atoms with Gasteiger partial charge < -0.3 is 24.8 Å². The Morgan fingerprint density at radius 2 is 2.06 bits per heavy atom. The summed E-state index contributed by atoms with van der Waals surface area (Å²) in [5.41, 5.74) is 3.30. The number of carbonyl (C=O) groups is 1. The molecule has 160 valence electrons. The number of rotatable bonds is 7. The van der Waals surface area contributed by atoms with E-state index in [2.05, 4.69) is 21.3 Å². The van der Waals surface area contributed by atoms with Crippen molar-refractivity contribution < 1.29 is 19.4 Å². The van der Waals surface area contributed by atoms with E-state index in [1.807, 2.05) is 43.3 Å². The Bertz CT molecular complexity index is 1070. The molecule has 0 fully saturated rings. The van der Waals surface area contributed by atoms with Crippen LogP contribution in [0.3, 0.4) is 0 Å². The zero-order chi connectivity index (χ0) is 21.8. The van der Waals surface area contributed by atoms with Crippen LogP contribution in [-0.2, 0) is 6.54 Å². The highest BCUT2D eigenvalue weighted by molar-refractivity contribution is 5.87. The van der Waals surface area contributed by atoms with Crippen LogP contribution < -0.4 is 19.7 Å². The quantitative estimate of drug-likeness (QED) is 0.589. The smallest absolute Gasteiger partial charge is 0.335 e. The Labute approximate surface area is 181 Å². The number of ether oxygens (including phenoxy) is 2. The van der Waals surface area contributed by atoms with Crippen molar-refractivity contribution in [3.63, 3.8) is 0 Å². The molecule has 7 heteroatoms. The fraction of sp³-hybridized carbons (Fsp3) is 0.250. The van der Waals surface area contributed by atoms with E-state index in [0.29, 0.717) is 13.2 Å². The van der Waals surface area contributed by atoms with Gasteiger partial charge in [-0.15, -0.1) is 0 Å². The summed E-state index contributed by atoms with van der Waals surface area (Å²) in [6.45, 7) is 4.07. The van der Waals surface area contributed by atoms with E-state index in [1.54, 1.807) is 25.4 Å². The number of nitrogens with one attached hydrogen (secondary N) is 1. The van der Waals surface area contributed by atoms with Crippen molar-refractivity contribution >= 4 is 17.5 Å². The second-order valence-electron chi connectivity index (χ2n) is 7.42. The zero-order valence-corrected chi connectivity index (χ0v) is 17.5. The van der Waals surface area contributed by atoms with Crippen LogP contribution in [0, 0.1) is 0 Å². The van der Waals surface area contributed by atoms with Crippen molar-refractivity contribution in [3.05, 3.63) is 77.5 Å². The number of aromatic carboxylic acids is 1. The standard InChI is InChI=1S/C24H25N3O4/c1-16(18-6-8-19(9-7-18)24(28)29)26-23-22-21(10-11-25-23)31-13-12-27(22)15-17-4-3-5-20(14-17)30-2/h3-11,14,16H,12-13,15H2,1-2H3,(H,25,26)(H,28,29)/t16-/m0/s1. The molecule has 4 rings (SSSR count). The van der Waals surface area contributed by atoms with Gasteiger partial charge in [0.05, 0.1) is 25.3 Å². The van der Waals surface area contributed by atoms with Gasteiger partial charge in [0, 0.05) is 18.8 Å². The molecule has 2 aromatic carbocycles. The molecule has 0 spiro atoms. The van der Waals surface area contributed by atoms with Crippen molar-refractivity contribution in [1.29, 1.82) is 0 Å². The third kappa shape index (κ3) is 4.55. The van der Waals surface area contributed by atoms with E-state index >= 15 is 0 Å². The summed E-state index contributed by atoms with van der Waals surface area (Å²) >= 11 is 0. The Hall–Kier alpha value is -3.74. The Morgan fingerprint density at radius 3 is 2.81 bits per heavy atom. The Morgan fingerprint density at radius 1 is 1.26 bits per heavy atom. The highest BCUT2D eigenvalue weighted by Crippen LogP contribution is 2.39. The topological polar surface area (TPSA) is 83.9 Å². The summed E-state index contributed by atoms with van der Waals surface area (Å²) in [5, 5.41) is 12.6. The molecular formula is C24H25N3O4. The molecule has 1 aliphatic rings. The van der Waals surface area contributed by atoms with Crippen LogP contribution in [0.4, 0.5) is 11.5 Å². The third-order valence-electron chi connectivity index (χ3n) is 5.34. The lowest BCUT2D eigenvalue weighted by Crippen LogP contribution is -2.33. The second kappa shape index (κ2) is 8.95. The van der Waals surface area contributed by atoms with E-state index in [1.165, 1.54) is 0 Å². The van der Waals surface area contributed by atoms with Gasteiger partial charge in [-0.05, 0) is 42.3 Å². The molecule has 2 N–H and O–H groups in total. The van der Waals surface area contributed by atoms with Crippen molar-refractivity contribution in [1.82, 2.24) is 4.98 Å². The van der Waals surface area contributed by atoms with E-state index in [0.717, 1.165) is 40.7 Å². The van der Waals surface area contributed by atoms with Gasteiger partial charge in [0.1, 0.15) is 23.8 Å². The number of aromatic nitrogens is 1. The van der Waals surface area contributed by atoms with Gasteiger partial charge in [-0.3, -0.25) is 0 Å². The van der Waals surface area contributed by atoms with Crippen molar-refractivity contribution in [2.24, 2.45) is 0 Å². The number of hydrogen-bond acceptors (Lipinski definition) is 6. The van der Waals surface area contributed by atoms with E-state index in [-0.39, 0.29) is 11.6 Å². The minimum Gasteiger partial charge on any atom is -0.497 e. The van der Waals surface area contributed by atoms with Crippen LogP contribution in [-0.4, -0.2) is 36.3 Å². The minimum atomic E-state index is -0.934. The first-order chi connectivity index (χ1) is 15.0. The number of carboxylic acid groups (broad SMARTS) is 1. The summed E-state index contributed by atoms with van der Waals surface area (Å²) in [4.78, 5) is 17.9. The summed E-state index contributed by atoms with van der Waals surface area (Å²) < 4.78 is 11.3. The maximum absolute atomic E-state index is 11.1. The molecule has 1 aromatic heterocycles. The Kier molecular flexibility index (Phi) is 5.93.